The van der Waals surface area contributed by atoms with Crippen LogP contribution in [0.1, 0.15) is 40.5 Å². The van der Waals surface area contributed by atoms with Gasteiger partial charge >= 0.3 is 0 Å². The van der Waals surface area contributed by atoms with Crippen LogP contribution in [0.5, 0.6) is 0 Å². The SMILES string of the molecule is CCN(CC)C(CC)(CC)C(=O)COC. The van der Waals surface area contributed by atoms with Crippen molar-refractivity contribution in [3.05, 3.63) is 0 Å². The van der Waals surface area contributed by atoms with Gasteiger partial charge in [-0.05, 0) is 25.9 Å². The highest BCUT2D eigenvalue weighted by atomic mass is 16.5. The lowest BCUT2D eigenvalue weighted by Gasteiger charge is -2.40. The molecule has 0 fully saturated rings. The summed E-state index contributed by atoms with van der Waals surface area (Å²) in [5.74, 6) is 0.207. The fourth-order valence-electron chi connectivity index (χ4n) is 2.36. The van der Waals surface area contributed by atoms with E-state index in [-0.39, 0.29) is 17.9 Å². The average molecular weight is 215 g/mol. The first kappa shape index (κ1) is 14.6. The molecule has 0 N–H and O–H groups in total. The summed E-state index contributed by atoms with van der Waals surface area (Å²) in [4.78, 5) is 14.4. The van der Waals surface area contributed by atoms with Crippen molar-refractivity contribution in [3.8, 4) is 0 Å². The Hall–Kier alpha value is -0.410. The lowest BCUT2D eigenvalue weighted by atomic mass is 9.86. The highest BCUT2D eigenvalue weighted by molar-refractivity contribution is 5.89. The first-order valence-corrected chi connectivity index (χ1v) is 5.90. The van der Waals surface area contributed by atoms with Crippen molar-refractivity contribution in [2.75, 3.05) is 26.8 Å². The predicted octanol–water partition coefficient (Wildman–Crippen LogP) is 2.10. The van der Waals surface area contributed by atoms with Crippen LogP contribution in [-0.4, -0.2) is 43.0 Å². The van der Waals surface area contributed by atoms with E-state index in [0.29, 0.717) is 0 Å². The third kappa shape index (κ3) is 3.02. The quantitative estimate of drug-likeness (QED) is 0.621. The summed E-state index contributed by atoms with van der Waals surface area (Å²) in [7, 11) is 1.58. The van der Waals surface area contributed by atoms with E-state index in [2.05, 4.69) is 32.6 Å². The van der Waals surface area contributed by atoms with E-state index < -0.39 is 0 Å². The third-order valence-corrected chi connectivity index (χ3v) is 3.33. The normalized spacial score (nSPS) is 12.1. The minimum atomic E-state index is -0.320. The summed E-state index contributed by atoms with van der Waals surface area (Å²) in [5, 5.41) is 0. The minimum absolute atomic E-state index is 0.207. The van der Waals surface area contributed by atoms with Gasteiger partial charge in [0, 0.05) is 7.11 Å². The maximum Gasteiger partial charge on any atom is 0.178 e. The first-order chi connectivity index (χ1) is 7.12. The number of hydrogen-bond donors (Lipinski definition) is 0. The standard InChI is InChI=1S/C12H25NO2/c1-6-12(7-2,11(14)10-15-5)13(8-3)9-4/h6-10H2,1-5H3. The van der Waals surface area contributed by atoms with Crippen molar-refractivity contribution in [3.63, 3.8) is 0 Å². The van der Waals surface area contributed by atoms with E-state index in [0.717, 1.165) is 25.9 Å². The Morgan fingerprint density at radius 3 is 1.87 bits per heavy atom. The van der Waals surface area contributed by atoms with Crippen LogP contribution in [0, 0.1) is 0 Å². The maximum atomic E-state index is 12.1. The van der Waals surface area contributed by atoms with Crippen molar-refractivity contribution in [2.24, 2.45) is 0 Å². The maximum absolute atomic E-state index is 12.1. The van der Waals surface area contributed by atoms with E-state index in [1.165, 1.54) is 0 Å². The van der Waals surface area contributed by atoms with Gasteiger partial charge in [-0.2, -0.15) is 0 Å². The summed E-state index contributed by atoms with van der Waals surface area (Å²) in [5.41, 5.74) is -0.320. The number of methoxy groups -OCH3 is 1. The van der Waals surface area contributed by atoms with Crippen molar-refractivity contribution in [1.82, 2.24) is 4.90 Å². The van der Waals surface area contributed by atoms with Gasteiger partial charge in [-0.3, -0.25) is 9.69 Å². The highest BCUT2D eigenvalue weighted by Gasteiger charge is 2.38. The van der Waals surface area contributed by atoms with Crippen LogP contribution in [0.15, 0.2) is 0 Å². The third-order valence-electron chi connectivity index (χ3n) is 3.33. The number of ether oxygens (including phenoxy) is 1. The Bertz CT molecular complexity index is 184. The Labute approximate surface area is 93.8 Å². The molecule has 0 aliphatic carbocycles. The molecule has 0 saturated carbocycles. The second-order valence-electron chi connectivity index (χ2n) is 3.77. The molecule has 0 rings (SSSR count). The molecule has 3 heteroatoms. The second kappa shape index (κ2) is 6.96. The number of hydrogen-bond acceptors (Lipinski definition) is 3. The molecule has 0 bridgehead atoms. The van der Waals surface area contributed by atoms with Gasteiger partial charge in [0.2, 0.25) is 0 Å². The van der Waals surface area contributed by atoms with Gasteiger partial charge < -0.3 is 4.74 Å². The van der Waals surface area contributed by atoms with Gasteiger partial charge in [-0.25, -0.2) is 0 Å². The molecule has 0 saturated heterocycles. The van der Waals surface area contributed by atoms with Crippen LogP contribution in [0.2, 0.25) is 0 Å². The fraction of sp³-hybridized carbons (Fsp3) is 0.917. The van der Waals surface area contributed by atoms with Gasteiger partial charge in [0.1, 0.15) is 6.61 Å². The molecule has 0 aromatic heterocycles. The molecule has 15 heavy (non-hydrogen) atoms. The number of nitrogens with zero attached hydrogens (tertiary/aromatic N) is 1. The summed E-state index contributed by atoms with van der Waals surface area (Å²) in [6.07, 6.45) is 1.71. The molecule has 0 heterocycles. The van der Waals surface area contributed by atoms with Gasteiger partial charge in [0.25, 0.3) is 0 Å². The van der Waals surface area contributed by atoms with E-state index in [1.54, 1.807) is 7.11 Å². The summed E-state index contributed by atoms with van der Waals surface area (Å²) >= 11 is 0. The number of likely N-dealkylation sites (N-methyl/N-ethyl adjacent to an activating group) is 1. The molecule has 90 valence electrons. The minimum Gasteiger partial charge on any atom is -0.377 e. The molecular formula is C12H25NO2. The number of rotatable bonds is 8. The summed E-state index contributed by atoms with van der Waals surface area (Å²) < 4.78 is 4.98. The zero-order valence-electron chi connectivity index (χ0n) is 10.8. The molecule has 0 unspecified atom stereocenters. The molecular weight excluding hydrogens is 190 g/mol. The van der Waals surface area contributed by atoms with Gasteiger partial charge in [-0.15, -0.1) is 0 Å². The Morgan fingerprint density at radius 2 is 1.60 bits per heavy atom. The number of carbonyl (C=O) groups excluding carboxylic acids is 1. The fourth-order valence-corrected chi connectivity index (χ4v) is 2.36. The molecule has 0 aromatic rings. The Kier molecular flexibility index (Phi) is 6.77. The van der Waals surface area contributed by atoms with Gasteiger partial charge in [0.15, 0.2) is 5.78 Å². The molecule has 0 aliphatic heterocycles. The van der Waals surface area contributed by atoms with E-state index in [1.807, 2.05) is 0 Å². The molecule has 0 radical (unpaired) electrons. The van der Waals surface area contributed by atoms with Crippen molar-refractivity contribution < 1.29 is 9.53 Å². The van der Waals surface area contributed by atoms with E-state index >= 15 is 0 Å². The van der Waals surface area contributed by atoms with Crippen molar-refractivity contribution in [2.45, 2.75) is 46.1 Å². The Balaban J connectivity index is 4.92. The Morgan fingerprint density at radius 1 is 1.13 bits per heavy atom. The van der Waals surface area contributed by atoms with Gasteiger partial charge in [0.05, 0.1) is 5.54 Å². The molecule has 0 aliphatic rings. The van der Waals surface area contributed by atoms with Crippen LogP contribution < -0.4 is 0 Å². The van der Waals surface area contributed by atoms with Crippen molar-refractivity contribution >= 4 is 5.78 Å². The molecule has 3 nitrogen and oxygen atoms in total. The molecule has 0 spiro atoms. The van der Waals surface area contributed by atoms with E-state index in [9.17, 15) is 4.79 Å². The summed E-state index contributed by atoms with van der Waals surface area (Å²) in [6.45, 7) is 10.4. The van der Waals surface area contributed by atoms with Crippen LogP contribution in [0.3, 0.4) is 0 Å². The molecule has 0 atom stereocenters. The average Bonchev–Trinajstić information content (AvgIpc) is 2.26. The molecule has 0 amide bonds. The monoisotopic (exact) mass is 215 g/mol. The van der Waals surface area contributed by atoms with Crippen LogP contribution in [0.25, 0.3) is 0 Å². The topological polar surface area (TPSA) is 29.5 Å². The first-order valence-electron chi connectivity index (χ1n) is 5.90. The second-order valence-corrected chi connectivity index (χ2v) is 3.77. The van der Waals surface area contributed by atoms with Crippen LogP contribution in [-0.2, 0) is 9.53 Å². The van der Waals surface area contributed by atoms with E-state index in [4.69, 9.17) is 4.74 Å². The largest absolute Gasteiger partial charge is 0.377 e. The van der Waals surface area contributed by atoms with Crippen molar-refractivity contribution in [1.29, 1.82) is 0 Å². The zero-order valence-corrected chi connectivity index (χ0v) is 10.8. The predicted molar refractivity (Wildman–Crippen MR) is 63.1 cm³/mol. The summed E-state index contributed by atoms with van der Waals surface area (Å²) in [6, 6.07) is 0. The number of carbonyl (C=O) groups is 1. The highest BCUT2D eigenvalue weighted by Crippen LogP contribution is 2.25. The zero-order chi connectivity index (χ0) is 11.9. The lowest BCUT2D eigenvalue weighted by Crippen LogP contribution is -2.55. The molecule has 0 aromatic carbocycles. The lowest BCUT2D eigenvalue weighted by molar-refractivity contribution is -0.135. The number of Topliss-reactive ketones (excluding diaryl/α,β-unsaturated/α-hetero) is 1. The number of ketones is 1. The van der Waals surface area contributed by atoms with Crippen LogP contribution in [0.4, 0.5) is 0 Å². The van der Waals surface area contributed by atoms with Crippen LogP contribution >= 0.6 is 0 Å². The van der Waals surface area contributed by atoms with Gasteiger partial charge in [-0.1, -0.05) is 27.7 Å². The smallest absolute Gasteiger partial charge is 0.178 e.